The number of amides is 1. The van der Waals surface area contributed by atoms with E-state index in [0.717, 1.165) is 61.6 Å². The highest BCUT2D eigenvalue weighted by Crippen LogP contribution is 2.31. The van der Waals surface area contributed by atoms with Gasteiger partial charge in [0, 0.05) is 6.54 Å². The van der Waals surface area contributed by atoms with Crippen LogP contribution in [0.25, 0.3) is 11.1 Å². The number of carbonyl (C=O) groups is 1. The average molecular weight is 587 g/mol. The smallest absolute Gasteiger partial charge is 0.268 e. The van der Waals surface area contributed by atoms with E-state index in [1.54, 1.807) is 6.07 Å². The SMILES string of the molecule is CS(=O)(=O)NC(=O)c1ccc(-c2ccc(CCNC[C@H](O)c3ccccc3)cc2)cc1OC1CCCCCC1.Cl. The summed E-state index contributed by atoms with van der Waals surface area (Å²) in [5.41, 5.74) is 4.15. The molecule has 216 valence electrons. The van der Waals surface area contributed by atoms with E-state index in [0.29, 0.717) is 12.3 Å². The highest BCUT2D eigenvalue weighted by molar-refractivity contribution is 7.89. The quantitative estimate of drug-likeness (QED) is 0.204. The molecule has 0 bridgehead atoms. The second-order valence-corrected chi connectivity index (χ2v) is 12.0. The van der Waals surface area contributed by atoms with Crippen molar-refractivity contribution in [1.82, 2.24) is 10.0 Å². The number of hydrogen-bond donors (Lipinski definition) is 3. The van der Waals surface area contributed by atoms with Crippen LogP contribution in [0.3, 0.4) is 0 Å². The molecule has 40 heavy (non-hydrogen) atoms. The summed E-state index contributed by atoms with van der Waals surface area (Å²) in [7, 11) is -3.70. The number of aliphatic hydroxyl groups is 1. The molecule has 3 aromatic carbocycles. The van der Waals surface area contributed by atoms with Gasteiger partial charge in [0.1, 0.15) is 5.75 Å². The molecule has 0 saturated heterocycles. The Morgan fingerprint density at radius 2 is 1.60 bits per heavy atom. The highest BCUT2D eigenvalue weighted by Gasteiger charge is 2.21. The molecule has 3 N–H and O–H groups in total. The molecule has 1 atom stereocenters. The number of rotatable bonds is 11. The Kier molecular flexibility index (Phi) is 12.0. The topological polar surface area (TPSA) is 105 Å². The summed E-state index contributed by atoms with van der Waals surface area (Å²) in [6.45, 7) is 1.23. The Bertz CT molecular complexity index is 1330. The van der Waals surface area contributed by atoms with Gasteiger partial charge in [0.25, 0.3) is 5.91 Å². The lowest BCUT2D eigenvalue weighted by Gasteiger charge is -2.20. The summed E-state index contributed by atoms with van der Waals surface area (Å²) >= 11 is 0. The van der Waals surface area contributed by atoms with Crippen molar-refractivity contribution in [2.24, 2.45) is 0 Å². The van der Waals surface area contributed by atoms with Crippen molar-refractivity contribution >= 4 is 28.3 Å². The van der Waals surface area contributed by atoms with Gasteiger partial charge < -0.3 is 15.2 Å². The molecule has 3 aromatic rings. The molecule has 1 aliphatic carbocycles. The van der Waals surface area contributed by atoms with Crippen LogP contribution in [0.5, 0.6) is 5.75 Å². The zero-order valence-corrected chi connectivity index (χ0v) is 24.5. The fourth-order valence-corrected chi connectivity index (χ4v) is 5.32. The minimum atomic E-state index is -3.70. The minimum absolute atomic E-state index is 0. The number of sulfonamides is 1. The lowest BCUT2D eigenvalue weighted by Crippen LogP contribution is -2.30. The van der Waals surface area contributed by atoms with E-state index in [9.17, 15) is 18.3 Å². The molecule has 1 saturated carbocycles. The maximum absolute atomic E-state index is 12.7. The van der Waals surface area contributed by atoms with Crippen LogP contribution in [0, 0.1) is 0 Å². The third-order valence-corrected chi connectivity index (χ3v) is 7.56. The molecular formula is C31H39ClN2O5S. The van der Waals surface area contributed by atoms with Gasteiger partial charge in [-0.25, -0.2) is 13.1 Å². The zero-order chi connectivity index (χ0) is 27.7. The molecule has 0 radical (unpaired) electrons. The van der Waals surface area contributed by atoms with Crippen molar-refractivity contribution in [3.8, 4) is 16.9 Å². The van der Waals surface area contributed by atoms with Crippen molar-refractivity contribution < 1.29 is 23.1 Å². The van der Waals surface area contributed by atoms with Crippen LogP contribution in [0.1, 0.15) is 66.1 Å². The van der Waals surface area contributed by atoms with Crippen LogP contribution in [-0.4, -0.2) is 44.9 Å². The van der Waals surface area contributed by atoms with Gasteiger partial charge in [-0.15, -0.1) is 12.4 Å². The second-order valence-electron chi connectivity index (χ2n) is 10.2. The fraction of sp³-hybridized carbons (Fsp3) is 0.387. The summed E-state index contributed by atoms with van der Waals surface area (Å²) in [6, 6.07) is 23.1. The largest absolute Gasteiger partial charge is 0.490 e. The summed E-state index contributed by atoms with van der Waals surface area (Å²) < 4.78 is 31.8. The lowest BCUT2D eigenvalue weighted by atomic mass is 10.0. The molecule has 4 rings (SSSR count). The number of hydrogen-bond acceptors (Lipinski definition) is 6. The van der Waals surface area contributed by atoms with Crippen LogP contribution >= 0.6 is 12.4 Å². The molecule has 9 heteroatoms. The Balaban J connectivity index is 0.00000441. The predicted molar refractivity (Wildman–Crippen MR) is 162 cm³/mol. The summed E-state index contributed by atoms with van der Waals surface area (Å²) in [4.78, 5) is 12.7. The first-order valence-corrected chi connectivity index (χ1v) is 15.5. The summed E-state index contributed by atoms with van der Waals surface area (Å²) in [5, 5.41) is 13.6. The summed E-state index contributed by atoms with van der Waals surface area (Å²) in [5.74, 6) is -0.279. The predicted octanol–water partition coefficient (Wildman–Crippen LogP) is 5.43. The van der Waals surface area contributed by atoms with Gasteiger partial charge in [-0.3, -0.25) is 4.79 Å². The van der Waals surface area contributed by atoms with Crippen LogP contribution in [0.4, 0.5) is 0 Å². The minimum Gasteiger partial charge on any atom is -0.490 e. The number of aliphatic hydroxyl groups excluding tert-OH is 1. The average Bonchev–Trinajstić information content (AvgIpc) is 3.19. The van der Waals surface area contributed by atoms with Crippen molar-refractivity contribution in [3.63, 3.8) is 0 Å². The molecular weight excluding hydrogens is 548 g/mol. The standard InChI is InChI=1S/C31H38N2O5S.ClH/c1-39(36,37)33-31(35)28-18-17-26(21-30(28)38-27-11-7-2-3-8-12-27)24-15-13-23(14-16-24)19-20-32-22-29(34)25-9-5-4-6-10-25;/h4-6,9-10,13-18,21,27,29,32,34H,2-3,7-8,11-12,19-20,22H2,1H3,(H,33,35);1H/t29-;/m0./s1. The molecule has 1 amide bonds. The molecule has 0 aromatic heterocycles. The van der Waals surface area contributed by atoms with E-state index in [1.807, 2.05) is 54.6 Å². The van der Waals surface area contributed by atoms with Crippen LogP contribution < -0.4 is 14.8 Å². The molecule has 1 fully saturated rings. The lowest BCUT2D eigenvalue weighted by molar-refractivity contribution is 0.0973. The third-order valence-electron chi connectivity index (χ3n) is 7.00. The first-order valence-electron chi connectivity index (χ1n) is 13.6. The van der Waals surface area contributed by atoms with Gasteiger partial charge in [-0.1, -0.05) is 73.5 Å². The van der Waals surface area contributed by atoms with Crippen molar-refractivity contribution in [2.75, 3.05) is 19.3 Å². The van der Waals surface area contributed by atoms with E-state index >= 15 is 0 Å². The van der Waals surface area contributed by atoms with E-state index in [-0.39, 0.29) is 24.1 Å². The first kappa shape index (κ1) is 31.6. The maximum Gasteiger partial charge on any atom is 0.268 e. The van der Waals surface area contributed by atoms with Crippen LogP contribution in [-0.2, 0) is 16.4 Å². The maximum atomic E-state index is 12.7. The van der Waals surface area contributed by atoms with Crippen molar-refractivity contribution in [2.45, 2.75) is 57.2 Å². The van der Waals surface area contributed by atoms with Crippen LogP contribution in [0.15, 0.2) is 72.8 Å². The van der Waals surface area contributed by atoms with Gasteiger partial charge in [-0.05, 0) is 73.0 Å². The Morgan fingerprint density at radius 3 is 2.25 bits per heavy atom. The monoisotopic (exact) mass is 586 g/mol. The fourth-order valence-electron chi connectivity index (χ4n) is 4.88. The Morgan fingerprint density at radius 1 is 0.950 bits per heavy atom. The van der Waals surface area contributed by atoms with E-state index < -0.39 is 22.0 Å². The Labute approximate surface area is 243 Å². The van der Waals surface area contributed by atoms with Gasteiger partial charge in [0.05, 0.1) is 24.0 Å². The van der Waals surface area contributed by atoms with Crippen molar-refractivity contribution in [3.05, 3.63) is 89.5 Å². The van der Waals surface area contributed by atoms with E-state index in [2.05, 4.69) is 22.2 Å². The van der Waals surface area contributed by atoms with E-state index in [1.165, 1.54) is 18.4 Å². The molecule has 0 unspecified atom stereocenters. The molecule has 0 aliphatic heterocycles. The van der Waals surface area contributed by atoms with Gasteiger partial charge in [0.15, 0.2) is 0 Å². The number of carbonyl (C=O) groups excluding carboxylic acids is 1. The van der Waals surface area contributed by atoms with Crippen LogP contribution in [0.2, 0.25) is 0 Å². The molecule has 0 heterocycles. The molecule has 0 spiro atoms. The summed E-state index contributed by atoms with van der Waals surface area (Å²) in [6.07, 6.45) is 7.61. The normalized spacial score (nSPS) is 14.9. The van der Waals surface area contributed by atoms with Crippen molar-refractivity contribution in [1.29, 1.82) is 0 Å². The van der Waals surface area contributed by atoms with Gasteiger partial charge >= 0.3 is 0 Å². The Hall–Kier alpha value is -2.91. The highest BCUT2D eigenvalue weighted by atomic mass is 35.5. The third kappa shape index (κ3) is 9.63. The zero-order valence-electron chi connectivity index (χ0n) is 22.8. The van der Waals surface area contributed by atoms with Gasteiger partial charge in [-0.2, -0.15) is 0 Å². The second kappa shape index (κ2) is 15.2. The first-order chi connectivity index (χ1) is 18.8. The number of halogens is 1. The molecule has 7 nitrogen and oxygen atoms in total. The molecule has 1 aliphatic rings. The number of benzene rings is 3. The van der Waals surface area contributed by atoms with E-state index in [4.69, 9.17) is 4.74 Å². The number of nitrogens with one attached hydrogen (secondary N) is 2. The number of ether oxygens (including phenoxy) is 1. The van der Waals surface area contributed by atoms with Gasteiger partial charge in [0.2, 0.25) is 10.0 Å².